The normalized spacial score (nSPS) is 13.6. The Kier molecular flexibility index (Phi) is 7.75. The molecule has 0 unspecified atom stereocenters. The zero-order valence-corrected chi connectivity index (χ0v) is 15.0. The molecule has 0 radical (unpaired) electrons. The molecule has 0 fully saturated rings. The lowest BCUT2D eigenvalue weighted by Gasteiger charge is -2.44. The van der Waals surface area contributed by atoms with E-state index in [-0.39, 0.29) is 0 Å². The second-order valence-corrected chi connectivity index (χ2v) is 8.97. The van der Waals surface area contributed by atoms with Crippen molar-refractivity contribution in [1.29, 1.82) is 0 Å². The third-order valence-electron chi connectivity index (χ3n) is 3.23. The minimum Gasteiger partial charge on any atom is -0.213 e. The fourth-order valence-electron chi connectivity index (χ4n) is 3.15. The Hall–Kier alpha value is 0.0500. The standard InChI is InChI=1S/C15H34N2OP/c1-10-11-19(18,16(12(2)3)13(4)5)17(14(6)7)15(8)9/h10,12-15,18H,1,11H2,2-9H3/q+1. The van der Waals surface area contributed by atoms with E-state index in [1.807, 2.05) is 6.08 Å². The van der Waals surface area contributed by atoms with Gasteiger partial charge in [0.25, 0.3) is 7.79 Å². The summed E-state index contributed by atoms with van der Waals surface area (Å²) >= 11 is 0. The quantitative estimate of drug-likeness (QED) is 0.537. The number of nitrogens with zero attached hydrogens (tertiary/aromatic N) is 2. The van der Waals surface area contributed by atoms with Gasteiger partial charge in [-0.25, -0.2) is 4.89 Å². The second-order valence-electron chi connectivity index (χ2n) is 6.30. The summed E-state index contributed by atoms with van der Waals surface area (Å²) < 4.78 is 4.57. The molecule has 0 rings (SSSR count). The molecule has 0 bridgehead atoms. The predicted octanol–water partition coefficient (Wildman–Crippen LogP) is 4.16. The molecule has 0 saturated heterocycles. The first-order chi connectivity index (χ1) is 8.59. The van der Waals surface area contributed by atoms with Crippen LogP contribution in [0.15, 0.2) is 12.7 Å². The summed E-state index contributed by atoms with van der Waals surface area (Å²) in [6.07, 6.45) is 2.52. The third kappa shape index (κ3) is 4.53. The van der Waals surface area contributed by atoms with Crippen LogP contribution in [-0.4, -0.2) is 44.6 Å². The Labute approximate surface area is 121 Å². The average Bonchev–Trinajstić information content (AvgIpc) is 2.13. The Morgan fingerprint density at radius 2 is 1.11 bits per heavy atom. The molecule has 0 spiro atoms. The lowest BCUT2D eigenvalue weighted by molar-refractivity contribution is 0.205. The van der Waals surface area contributed by atoms with Gasteiger partial charge in [0.15, 0.2) is 0 Å². The lowest BCUT2D eigenvalue weighted by atomic mass is 10.3. The fraction of sp³-hybridized carbons (Fsp3) is 0.867. The van der Waals surface area contributed by atoms with E-state index in [0.717, 1.165) is 0 Å². The first kappa shape index (κ1) is 19.1. The van der Waals surface area contributed by atoms with E-state index in [4.69, 9.17) is 0 Å². The summed E-state index contributed by atoms with van der Waals surface area (Å²) in [6, 6.07) is 1.27. The SMILES string of the molecule is C=CC[P+](O)(N(C(C)C)C(C)C)N(C(C)C)C(C)C. The van der Waals surface area contributed by atoms with Crippen LogP contribution in [0.3, 0.4) is 0 Å². The van der Waals surface area contributed by atoms with E-state index in [0.29, 0.717) is 30.3 Å². The van der Waals surface area contributed by atoms with Crippen LogP contribution in [0.5, 0.6) is 0 Å². The van der Waals surface area contributed by atoms with Crippen molar-refractivity contribution in [3.63, 3.8) is 0 Å². The van der Waals surface area contributed by atoms with Gasteiger partial charge in [-0.3, -0.25) is 0 Å². The van der Waals surface area contributed by atoms with Gasteiger partial charge in [-0.15, -0.1) is 9.34 Å². The highest BCUT2D eigenvalue weighted by Gasteiger charge is 2.53. The molecular weight excluding hydrogens is 255 g/mol. The highest BCUT2D eigenvalue weighted by molar-refractivity contribution is 7.65. The summed E-state index contributed by atoms with van der Waals surface area (Å²) in [4.78, 5) is 11.5. The summed E-state index contributed by atoms with van der Waals surface area (Å²) in [5.41, 5.74) is 0. The maximum atomic E-state index is 11.5. The molecule has 1 N–H and O–H groups in total. The number of hydrogen-bond acceptors (Lipinski definition) is 3. The molecule has 0 saturated carbocycles. The van der Waals surface area contributed by atoms with Gasteiger partial charge in [0, 0.05) is 24.2 Å². The highest BCUT2D eigenvalue weighted by Crippen LogP contribution is 2.64. The van der Waals surface area contributed by atoms with E-state index < -0.39 is 7.79 Å². The Morgan fingerprint density at radius 1 is 0.842 bits per heavy atom. The number of rotatable bonds is 8. The summed E-state index contributed by atoms with van der Waals surface area (Å²) in [5.74, 6) is 0. The summed E-state index contributed by atoms with van der Waals surface area (Å²) in [7, 11) is -2.37. The van der Waals surface area contributed by atoms with Crippen molar-refractivity contribution in [3.05, 3.63) is 12.7 Å². The maximum absolute atomic E-state index is 11.5. The molecule has 0 aliphatic rings. The minimum atomic E-state index is -2.37. The van der Waals surface area contributed by atoms with Gasteiger partial charge in [-0.05, 0) is 61.5 Å². The van der Waals surface area contributed by atoms with Gasteiger partial charge in [-0.2, -0.15) is 0 Å². The zero-order valence-electron chi connectivity index (χ0n) is 14.1. The van der Waals surface area contributed by atoms with Crippen molar-refractivity contribution in [3.8, 4) is 0 Å². The van der Waals surface area contributed by atoms with Crippen LogP contribution in [0.2, 0.25) is 0 Å². The monoisotopic (exact) mass is 289 g/mol. The average molecular weight is 289 g/mol. The van der Waals surface area contributed by atoms with Crippen LogP contribution < -0.4 is 0 Å². The fourth-order valence-corrected chi connectivity index (χ4v) is 7.07. The van der Waals surface area contributed by atoms with Gasteiger partial charge in [0.1, 0.15) is 6.16 Å². The van der Waals surface area contributed by atoms with Gasteiger partial charge >= 0.3 is 0 Å². The van der Waals surface area contributed by atoms with E-state index in [1.54, 1.807) is 0 Å². The Balaban J connectivity index is 5.71. The molecule has 0 aromatic heterocycles. The molecule has 0 amide bonds. The van der Waals surface area contributed by atoms with Crippen molar-refractivity contribution in [1.82, 2.24) is 9.34 Å². The van der Waals surface area contributed by atoms with Crippen LogP contribution >= 0.6 is 7.79 Å². The second kappa shape index (κ2) is 7.73. The predicted molar refractivity (Wildman–Crippen MR) is 88.4 cm³/mol. The molecule has 0 heterocycles. The molecule has 114 valence electrons. The maximum Gasteiger partial charge on any atom is 0.290 e. The van der Waals surface area contributed by atoms with Crippen molar-refractivity contribution in [2.75, 3.05) is 6.16 Å². The largest absolute Gasteiger partial charge is 0.290 e. The topological polar surface area (TPSA) is 26.7 Å². The first-order valence-corrected chi connectivity index (χ1v) is 9.22. The van der Waals surface area contributed by atoms with Crippen LogP contribution in [-0.2, 0) is 0 Å². The molecule has 0 aliphatic heterocycles. The van der Waals surface area contributed by atoms with Gasteiger partial charge in [0.2, 0.25) is 0 Å². The van der Waals surface area contributed by atoms with E-state index in [9.17, 15) is 4.89 Å². The van der Waals surface area contributed by atoms with Crippen LogP contribution in [0.1, 0.15) is 55.4 Å². The molecule has 4 heteroatoms. The van der Waals surface area contributed by atoms with Gasteiger partial charge in [0.05, 0.1) is 0 Å². The van der Waals surface area contributed by atoms with E-state index in [2.05, 4.69) is 71.3 Å². The number of allylic oxidation sites excluding steroid dienone is 1. The Bertz CT molecular complexity index is 241. The van der Waals surface area contributed by atoms with Crippen molar-refractivity contribution in [2.24, 2.45) is 0 Å². The van der Waals surface area contributed by atoms with Crippen molar-refractivity contribution >= 4 is 7.79 Å². The van der Waals surface area contributed by atoms with E-state index >= 15 is 0 Å². The number of hydrogen-bond donors (Lipinski definition) is 1. The van der Waals surface area contributed by atoms with Crippen molar-refractivity contribution < 1.29 is 4.89 Å². The minimum absolute atomic E-state index is 0.318. The molecular formula is C15H34N2OP+. The Morgan fingerprint density at radius 3 is 1.26 bits per heavy atom. The third-order valence-corrected chi connectivity index (χ3v) is 7.31. The molecule has 0 aliphatic carbocycles. The van der Waals surface area contributed by atoms with E-state index in [1.165, 1.54) is 0 Å². The molecule has 0 atom stereocenters. The van der Waals surface area contributed by atoms with Gasteiger partial charge < -0.3 is 0 Å². The van der Waals surface area contributed by atoms with Crippen LogP contribution in [0.4, 0.5) is 0 Å². The summed E-state index contributed by atoms with van der Waals surface area (Å²) in [5, 5.41) is 0. The van der Waals surface area contributed by atoms with Gasteiger partial charge in [-0.1, -0.05) is 6.58 Å². The molecule has 0 aromatic rings. The first-order valence-electron chi connectivity index (χ1n) is 7.38. The summed E-state index contributed by atoms with van der Waals surface area (Å²) in [6.45, 7) is 21.1. The highest BCUT2D eigenvalue weighted by atomic mass is 31.2. The van der Waals surface area contributed by atoms with Crippen molar-refractivity contribution in [2.45, 2.75) is 79.6 Å². The zero-order chi connectivity index (χ0) is 15.4. The molecule has 3 nitrogen and oxygen atoms in total. The van der Waals surface area contributed by atoms with Crippen LogP contribution in [0, 0.1) is 0 Å². The lowest BCUT2D eigenvalue weighted by Crippen LogP contribution is -2.48. The smallest absolute Gasteiger partial charge is 0.213 e. The van der Waals surface area contributed by atoms with Crippen LogP contribution in [0.25, 0.3) is 0 Å². The molecule has 19 heavy (non-hydrogen) atoms. The molecule has 0 aromatic carbocycles.